The Balaban J connectivity index is 2.10. The van der Waals surface area contributed by atoms with E-state index in [0.29, 0.717) is 17.9 Å². The van der Waals surface area contributed by atoms with E-state index in [9.17, 15) is 32.5 Å². The quantitative estimate of drug-likeness (QED) is 0.199. The number of carbonyl (C=O) groups is 2. The molecular weight excluding hydrogens is 591 g/mol. The zero-order valence-corrected chi connectivity index (χ0v) is 26.1. The Bertz CT molecular complexity index is 1580. The molecule has 0 heterocycles. The summed E-state index contributed by atoms with van der Waals surface area (Å²) in [4.78, 5) is 39.2. The second-order valence-electron chi connectivity index (χ2n) is 10.6. The number of amides is 2. The van der Waals surface area contributed by atoms with Crippen molar-refractivity contribution in [3.8, 4) is 5.75 Å². The maximum Gasteiger partial charge on any atom is 0.273 e. The first-order valence-electron chi connectivity index (χ1n) is 14.0. The van der Waals surface area contributed by atoms with Gasteiger partial charge in [-0.3, -0.25) is 24.0 Å². The summed E-state index contributed by atoms with van der Waals surface area (Å²) < 4.78 is 47.8. The summed E-state index contributed by atoms with van der Waals surface area (Å²) in [5.41, 5.74) is 0.506. The fraction of sp³-hybridized carbons (Fsp3) is 0.355. The fourth-order valence-electron chi connectivity index (χ4n) is 4.48. The molecular formula is C31H37FN4O7S. The number of nitro benzene ring substituents is 1. The highest BCUT2D eigenvalue weighted by Crippen LogP contribution is 2.29. The number of nitrogens with one attached hydrogen (secondary N) is 1. The molecule has 2 amide bonds. The molecule has 3 aromatic rings. The van der Waals surface area contributed by atoms with Crippen LogP contribution in [0.2, 0.25) is 0 Å². The molecule has 3 rings (SSSR count). The van der Waals surface area contributed by atoms with Gasteiger partial charge in [0.1, 0.15) is 24.2 Å². The van der Waals surface area contributed by atoms with Gasteiger partial charge >= 0.3 is 0 Å². The molecule has 13 heteroatoms. The van der Waals surface area contributed by atoms with Crippen LogP contribution >= 0.6 is 0 Å². The van der Waals surface area contributed by atoms with Crippen LogP contribution in [0.1, 0.15) is 38.3 Å². The topological polar surface area (TPSA) is 139 Å². The molecule has 11 nitrogen and oxygen atoms in total. The third-order valence-electron chi connectivity index (χ3n) is 6.94. The third-order valence-corrected chi connectivity index (χ3v) is 8.71. The van der Waals surface area contributed by atoms with Crippen LogP contribution < -0.4 is 14.4 Å². The van der Waals surface area contributed by atoms with Crippen molar-refractivity contribution in [3.05, 3.63) is 93.8 Å². The van der Waals surface area contributed by atoms with Gasteiger partial charge in [0.25, 0.3) is 15.7 Å². The highest BCUT2D eigenvalue weighted by Gasteiger charge is 2.34. The summed E-state index contributed by atoms with van der Waals surface area (Å²) in [6.07, 6.45) is 0.219. The number of rotatable bonds is 14. The maximum absolute atomic E-state index is 14.1. The van der Waals surface area contributed by atoms with Gasteiger partial charge in [-0.05, 0) is 67.3 Å². The molecule has 0 saturated heterocycles. The van der Waals surface area contributed by atoms with Gasteiger partial charge in [-0.1, -0.05) is 39.0 Å². The zero-order valence-electron chi connectivity index (χ0n) is 25.3. The van der Waals surface area contributed by atoms with Gasteiger partial charge in [0.05, 0.1) is 22.6 Å². The van der Waals surface area contributed by atoms with E-state index in [1.807, 2.05) is 13.8 Å². The van der Waals surface area contributed by atoms with E-state index < -0.39 is 50.9 Å². The van der Waals surface area contributed by atoms with E-state index in [2.05, 4.69) is 5.32 Å². The van der Waals surface area contributed by atoms with Gasteiger partial charge in [0, 0.05) is 24.7 Å². The van der Waals surface area contributed by atoms with Crippen molar-refractivity contribution in [1.29, 1.82) is 0 Å². The summed E-state index contributed by atoms with van der Waals surface area (Å²) in [5, 5.41) is 14.4. The Kier molecular flexibility index (Phi) is 11.4. The number of hydrogen-bond donors (Lipinski definition) is 1. The summed E-state index contributed by atoms with van der Waals surface area (Å²) in [6, 6.07) is 13.9. The van der Waals surface area contributed by atoms with E-state index in [1.54, 1.807) is 6.92 Å². The number of carbonyl (C=O) groups excluding carboxylic acids is 2. The first-order chi connectivity index (χ1) is 20.8. The number of anilines is 1. The molecule has 1 N–H and O–H groups in total. The SMILES string of the molecule is CCC(C(=O)NCC(C)C)N(Cc1ccc(F)cc1)C(=O)CN(c1ccc(OC)cc1)S(=O)(=O)c1ccc(C)c([N+](=O)[O-])c1. The van der Waals surface area contributed by atoms with Crippen molar-refractivity contribution < 1.29 is 32.1 Å². The second-order valence-corrected chi connectivity index (χ2v) is 12.5. The van der Waals surface area contributed by atoms with Crippen molar-refractivity contribution in [2.75, 3.05) is 24.5 Å². The average Bonchev–Trinajstić information content (AvgIpc) is 2.99. The number of nitro groups is 1. The molecule has 0 radical (unpaired) electrons. The monoisotopic (exact) mass is 628 g/mol. The van der Waals surface area contributed by atoms with Gasteiger partial charge in [0.2, 0.25) is 11.8 Å². The molecule has 0 spiro atoms. The van der Waals surface area contributed by atoms with Gasteiger partial charge < -0.3 is 15.0 Å². The number of sulfonamides is 1. The zero-order chi connectivity index (χ0) is 32.6. The van der Waals surface area contributed by atoms with Gasteiger partial charge in [0.15, 0.2) is 0 Å². The molecule has 1 atom stereocenters. The summed E-state index contributed by atoms with van der Waals surface area (Å²) in [6.45, 7) is 6.61. The lowest BCUT2D eigenvalue weighted by atomic mass is 10.1. The smallest absolute Gasteiger partial charge is 0.273 e. The van der Waals surface area contributed by atoms with Crippen LogP contribution in [0.4, 0.5) is 15.8 Å². The lowest BCUT2D eigenvalue weighted by Crippen LogP contribution is -2.52. The molecule has 0 aliphatic heterocycles. The second kappa shape index (κ2) is 14.8. The van der Waals surface area contributed by atoms with Crippen LogP contribution in [0.25, 0.3) is 0 Å². The Morgan fingerprint density at radius 3 is 2.23 bits per heavy atom. The first-order valence-corrected chi connectivity index (χ1v) is 15.5. The highest BCUT2D eigenvalue weighted by atomic mass is 32.2. The molecule has 0 aromatic heterocycles. The lowest BCUT2D eigenvalue weighted by Gasteiger charge is -2.33. The number of benzene rings is 3. The minimum atomic E-state index is -4.54. The third kappa shape index (κ3) is 8.31. The van der Waals surface area contributed by atoms with Crippen molar-refractivity contribution in [3.63, 3.8) is 0 Å². The summed E-state index contributed by atoms with van der Waals surface area (Å²) >= 11 is 0. The number of hydrogen-bond acceptors (Lipinski definition) is 7. The number of ether oxygens (including phenoxy) is 1. The van der Waals surface area contributed by atoms with Crippen molar-refractivity contribution >= 4 is 33.2 Å². The van der Waals surface area contributed by atoms with E-state index in [1.165, 1.54) is 79.6 Å². The fourth-order valence-corrected chi connectivity index (χ4v) is 5.91. The van der Waals surface area contributed by atoms with Crippen LogP contribution in [0.5, 0.6) is 5.75 Å². The predicted molar refractivity (Wildman–Crippen MR) is 164 cm³/mol. The number of methoxy groups -OCH3 is 1. The summed E-state index contributed by atoms with van der Waals surface area (Å²) in [7, 11) is -3.09. The van der Waals surface area contributed by atoms with E-state index in [-0.39, 0.29) is 35.0 Å². The van der Waals surface area contributed by atoms with Gasteiger partial charge in [-0.25, -0.2) is 12.8 Å². The molecule has 3 aromatic carbocycles. The molecule has 0 aliphatic carbocycles. The van der Waals surface area contributed by atoms with Crippen molar-refractivity contribution in [2.24, 2.45) is 5.92 Å². The largest absolute Gasteiger partial charge is 0.497 e. The molecule has 0 bridgehead atoms. The lowest BCUT2D eigenvalue weighted by molar-refractivity contribution is -0.385. The van der Waals surface area contributed by atoms with E-state index in [4.69, 9.17) is 4.74 Å². The summed E-state index contributed by atoms with van der Waals surface area (Å²) in [5.74, 6) is -1.01. The Morgan fingerprint density at radius 2 is 1.68 bits per heavy atom. The first kappa shape index (κ1) is 34.0. The van der Waals surface area contributed by atoms with Crippen LogP contribution in [0.3, 0.4) is 0 Å². The molecule has 0 fully saturated rings. The van der Waals surface area contributed by atoms with Crippen LogP contribution in [-0.4, -0.2) is 56.3 Å². The predicted octanol–water partition coefficient (Wildman–Crippen LogP) is 4.83. The van der Waals surface area contributed by atoms with Gasteiger partial charge in [-0.15, -0.1) is 0 Å². The molecule has 44 heavy (non-hydrogen) atoms. The van der Waals surface area contributed by atoms with E-state index in [0.717, 1.165) is 10.4 Å². The number of aryl methyl sites for hydroxylation is 1. The molecule has 0 saturated carbocycles. The highest BCUT2D eigenvalue weighted by molar-refractivity contribution is 7.92. The average molecular weight is 629 g/mol. The van der Waals surface area contributed by atoms with Crippen LogP contribution in [0.15, 0.2) is 71.6 Å². The Hall–Kier alpha value is -4.52. The normalized spacial score (nSPS) is 12.0. The number of halogens is 1. The van der Waals surface area contributed by atoms with Crippen LogP contribution in [0, 0.1) is 28.8 Å². The maximum atomic E-state index is 14.1. The molecule has 0 aliphatic rings. The molecule has 236 valence electrons. The Morgan fingerprint density at radius 1 is 1.05 bits per heavy atom. The number of nitrogens with zero attached hydrogens (tertiary/aromatic N) is 3. The van der Waals surface area contributed by atoms with Crippen molar-refractivity contribution in [2.45, 2.75) is 51.6 Å². The minimum absolute atomic E-state index is 0.0980. The van der Waals surface area contributed by atoms with Crippen LogP contribution in [-0.2, 0) is 26.2 Å². The standard InChI is InChI=1S/C31H37FN4O7S/c1-6-28(31(38)33-18-21(2)3)34(19-23-8-10-24(32)11-9-23)30(37)20-35(25-12-14-26(43-5)15-13-25)44(41,42)27-16-7-22(4)29(17-27)36(39)40/h7-17,21,28H,6,18-20H2,1-5H3,(H,33,38). The Labute approximate surface area is 256 Å². The van der Waals surface area contributed by atoms with Gasteiger partial charge in [-0.2, -0.15) is 0 Å². The van der Waals surface area contributed by atoms with E-state index >= 15 is 0 Å². The minimum Gasteiger partial charge on any atom is -0.497 e. The van der Waals surface area contributed by atoms with Crippen molar-refractivity contribution in [1.82, 2.24) is 10.2 Å². The molecule has 1 unspecified atom stereocenters.